The Labute approximate surface area is 230 Å². The van der Waals surface area contributed by atoms with Gasteiger partial charge in [0.2, 0.25) is 11.8 Å². The zero-order valence-corrected chi connectivity index (χ0v) is 23.7. The van der Waals surface area contributed by atoms with Crippen molar-refractivity contribution in [3.63, 3.8) is 0 Å². The van der Waals surface area contributed by atoms with Crippen LogP contribution in [0.25, 0.3) is 0 Å². The molecule has 0 saturated heterocycles. The molecular formula is C34H44N2O2. The van der Waals surface area contributed by atoms with Crippen LogP contribution in [0.5, 0.6) is 0 Å². The van der Waals surface area contributed by atoms with Crippen molar-refractivity contribution in [1.82, 2.24) is 10.6 Å². The van der Waals surface area contributed by atoms with Crippen LogP contribution < -0.4 is 10.6 Å². The van der Waals surface area contributed by atoms with Gasteiger partial charge in [0.05, 0.1) is 12.1 Å². The minimum absolute atomic E-state index is 0.0326. The fourth-order valence-corrected chi connectivity index (χ4v) is 4.07. The topological polar surface area (TPSA) is 58.2 Å². The van der Waals surface area contributed by atoms with E-state index in [2.05, 4.69) is 96.7 Å². The van der Waals surface area contributed by atoms with Crippen molar-refractivity contribution in [3.8, 4) is 23.7 Å². The first-order chi connectivity index (χ1) is 18.3. The predicted octanol–water partition coefficient (Wildman–Crippen LogP) is 7.27. The van der Waals surface area contributed by atoms with Gasteiger partial charge < -0.3 is 10.6 Å². The van der Waals surface area contributed by atoms with E-state index in [1.807, 2.05) is 13.8 Å². The SMILES string of the molecule is Cc1ccc([C@@H](C)NC(=O)CCCCCC#CC#CCCCCCC(=O)N[C@H](C)c2ccc(C)cc2)cc1. The van der Waals surface area contributed by atoms with Gasteiger partial charge in [-0.1, -0.05) is 84.3 Å². The first-order valence-corrected chi connectivity index (χ1v) is 14.0. The van der Waals surface area contributed by atoms with Gasteiger partial charge in [-0.25, -0.2) is 0 Å². The van der Waals surface area contributed by atoms with Gasteiger partial charge in [0, 0.05) is 25.7 Å². The highest BCUT2D eigenvalue weighted by molar-refractivity contribution is 5.76. The van der Waals surface area contributed by atoms with Gasteiger partial charge in [-0.05, 0) is 76.3 Å². The number of amides is 2. The summed E-state index contributed by atoms with van der Waals surface area (Å²) < 4.78 is 0. The lowest BCUT2D eigenvalue weighted by atomic mass is 10.1. The van der Waals surface area contributed by atoms with Crippen LogP contribution in [0.2, 0.25) is 0 Å². The third-order valence-corrected chi connectivity index (χ3v) is 6.56. The normalized spacial score (nSPS) is 11.8. The van der Waals surface area contributed by atoms with Crippen LogP contribution in [0.1, 0.15) is 112 Å². The zero-order valence-electron chi connectivity index (χ0n) is 23.7. The molecule has 0 unspecified atom stereocenters. The second kappa shape index (κ2) is 17.9. The van der Waals surface area contributed by atoms with Gasteiger partial charge in [0.1, 0.15) is 0 Å². The van der Waals surface area contributed by atoms with Crippen LogP contribution >= 0.6 is 0 Å². The van der Waals surface area contributed by atoms with Gasteiger partial charge in [-0.2, -0.15) is 0 Å². The number of hydrogen-bond donors (Lipinski definition) is 2. The van der Waals surface area contributed by atoms with Crippen LogP contribution in [0.3, 0.4) is 0 Å². The number of hydrogen-bond acceptors (Lipinski definition) is 2. The highest BCUT2D eigenvalue weighted by Crippen LogP contribution is 2.15. The highest BCUT2D eigenvalue weighted by Gasteiger charge is 2.10. The summed E-state index contributed by atoms with van der Waals surface area (Å²) in [4.78, 5) is 24.3. The number of rotatable bonds is 14. The minimum Gasteiger partial charge on any atom is -0.350 e. The number of benzene rings is 2. The van der Waals surface area contributed by atoms with Crippen molar-refractivity contribution in [2.75, 3.05) is 0 Å². The molecule has 0 saturated carbocycles. The summed E-state index contributed by atoms with van der Waals surface area (Å²) in [6.45, 7) is 8.16. The average Bonchev–Trinajstić information content (AvgIpc) is 2.89. The summed E-state index contributed by atoms with van der Waals surface area (Å²) in [5.41, 5.74) is 4.71. The molecule has 0 fully saturated rings. The van der Waals surface area contributed by atoms with E-state index in [1.54, 1.807) is 0 Å². The van der Waals surface area contributed by atoms with Gasteiger partial charge in [-0.15, -0.1) is 0 Å². The monoisotopic (exact) mass is 512 g/mol. The Morgan fingerprint density at radius 1 is 0.605 bits per heavy atom. The molecule has 2 amide bonds. The Morgan fingerprint density at radius 2 is 0.974 bits per heavy atom. The largest absolute Gasteiger partial charge is 0.350 e. The van der Waals surface area contributed by atoms with E-state index >= 15 is 0 Å². The van der Waals surface area contributed by atoms with Crippen molar-refractivity contribution in [3.05, 3.63) is 70.8 Å². The molecular weight excluding hydrogens is 468 g/mol. The second-order valence-electron chi connectivity index (χ2n) is 10.1. The smallest absolute Gasteiger partial charge is 0.220 e. The number of unbranched alkanes of at least 4 members (excludes halogenated alkanes) is 6. The molecule has 0 aliphatic heterocycles. The third kappa shape index (κ3) is 13.2. The quantitative estimate of drug-likeness (QED) is 0.207. The third-order valence-electron chi connectivity index (χ3n) is 6.56. The summed E-state index contributed by atoms with van der Waals surface area (Å²) in [6, 6.07) is 16.6. The molecule has 0 spiro atoms. The highest BCUT2D eigenvalue weighted by atomic mass is 16.2. The maximum absolute atomic E-state index is 12.2. The van der Waals surface area contributed by atoms with Crippen LogP contribution in [0.15, 0.2) is 48.5 Å². The Morgan fingerprint density at radius 3 is 1.34 bits per heavy atom. The Hall–Kier alpha value is -3.50. The number of carbonyl (C=O) groups excluding carboxylic acids is 2. The molecule has 0 aliphatic rings. The van der Waals surface area contributed by atoms with E-state index in [0.717, 1.165) is 62.5 Å². The van der Waals surface area contributed by atoms with Crippen LogP contribution in [0.4, 0.5) is 0 Å². The molecule has 0 radical (unpaired) electrons. The van der Waals surface area contributed by atoms with E-state index in [-0.39, 0.29) is 23.9 Å². The Bertz CT molecular complexity index is 1020. The van der Waals surface area contributed by atoms with Crippen molar-refractivity contribution in [1.29, 1.82) is 0 Å². The van der Waals surface area contributed by atoms with Gasteiger partial charge >= 0.3 is 0 Å². The molecule has 2 rings (SSSR count). The van der Waals surface area contributed by atoms with Gasteiger partial charge in [-0.3, -0.25) is 9.59 Å². The number of aryl methyl sites for hydroxylation is 2. The molecule has 0 bridgehead atoms. The average molecular weight is 513 g/mol. The summed E-state index contributed by atoms with van der Waals surface area (Å²) in [6.07, 6.45) is 8.44. The first kappa shape index (κ1) is 30.7. The number of nitrogens with one attached hydrogen (secondary N) is 2. The minimum atomic E-state index is 0.0326. The lowest BCUT2D eigenvalue weighted by molar-refractivity contribution is -0.122. The van der Waals surface area contributed by atoms with E-state index < -0.39 is 0 Å². The summed E-state index contributed by atoms with van der Waals surface area (Å²) >= 11 is 0. The molecule has 2 aromatic rings. The number of carbonyl (C=O) groups is 2. The molecule has 0 aromatic heterocycles. The zero-order chi connectivity index (χ0) is 27.6. The molecule has 0 aliphatic carbocycles. The Balaban J connectivity index is 1.44. The van der Waals surface area contributed by atoms with Crippen LogP contribution in [0, 0.1) is 37.5 Å². The molecule has 4 nitrogen and oxygen atoms in total. The molecule has 2 aromatic carbocycles. The molecule has 0 heterocycles. The standard InChI is InChI=1S/C34H44N2O2/c1-27-19-23-31(24-20-27)29(3)35-33(37)17-15-13-11-9-7-5-6-8-10-12-14-16-18-34(38)36-30(4)32-25-21-28(2)22-26-32/h19-26,29-30H,9-18H2,1-4H3,(H,35,37)(H,36,38)/t29-,30-/m1/s1. The van der Waals surface area contributed by atoms with E-state index in [9.17, 15) is 9.59 Å². The first-order valence-electron chi connectivity index (χ1n) is 14.0. The van der Waals surface area contributed by atoms with Crippen molar-refractivity contribution < 1.29 is 9.59 Å². The fourth-order valence-electron chi connectivity index (χ4n) is 4.07. The molecule has 202 valence electrons. The predicted molar refractivity (Wildman–Crippen MR) is 157 cm³/mol. The lowest BCUT2D eigenvalue weighted by Crippen LogP contribution is -2.26. The summed E-state index contributed by atoms with van der Waals surface area (Å²) in [5, 5.41) is 6.15. The van der Waals surface area contributed by atoms with Crippen LogP contribution in [-0.2, 0) is 9.59 Å². The van der Waals surface area contributed by atoms with Crippen molar-refractivity contribution in [2.45, 2.75) is 104 Å². The van der Waals surface area contributed by atoms with Crippen LogP contribution in [-0.4, -0.2) is 11.8 Å². The lowest BCUT2D eigenvalue weighted by Gasteiger charge is -2.14. The fraction of sp³-hybridized carbons (Fsp3) is 0.471. The maximum Gasteiger partial charge on any atom is 0.220 e. The summed E-state index contributed by atoms with van der Waals surface area (Å²) in [5.74, 6) is 12.3. The summed E-state index contributed by atoms with van der Waals surface area (Å²) in [7, 11) is 0. The molecule has 2 atom stereocenters. The van der Waals surface area contributed by atoms with Gasteiger partial charge in [0.25, 0.3) is 0 Å². The molecule has 38 heavy (non-hydrogen) atoms. The van der Waals surface area contributed by atoms with E-state index in [1.165, 1.54) is 11.1 Å². The van der Waals surface area contributed by atoms with E-state index in [4.69, 9.17) is 0 Å². The maximum atomic E-state index is 12.2. The second-order valence-corrected chi connectivity index (χ2v) is 10.1. The van der Waals surface area contributed by atoms with Crippen molar-refractivity contribution in [2.24, 2.45) is 0 Å². The van der Waals surface area contributed by atoms with E-state index in [0.29, 0.717) is 12.8 Å². The molecule has 4 heteroatoms. The van der Waals surface area contributed by atoms with Gasteiger partial charge in [0.15, 0.2) is 0 Å². The molecule has 2 N–H and O–H groups in total. The Kier molecular flexibility index (Phi) is 14.4. The van der Waals surface area contributed by atoms with Crippen molar-refractivity contribution >= 4 is 11.8 Å².